The van der Waals surface area contributed by atoms with Crippen LogP contribution in [0.25, 0.3) is 6.08 Å². The molecule has 0 atom stereocenters. The van der Waals surface area contributed by atoms with Gasteiger partial charge < -0.3 is 14.2 Å². The largest absolute Gasteiger partial charge is 0.490 e. The first-order chi connectivity index (χ1) is 13.5. The van der Waals surface area contributed by atoms with Crippen molar-refractivity contribution < 1.29 is 23.8 Å². The lowest BCUT2D eigenvalue weighted by Crippen LogP contribution is -2.28. The van der Waals surface area contributed by atoms with Gasteiger partial charge in [0.2, 0.25) is 0 Å². The molecule has 0 bridgehead atoms. The second kappa shape index (κ2) is 10.8. The fourth-order valence-corrected chi connectivity index (χ4v) is 3.64. The summed E-state index contributed by atoms with van der Waals surface area (Å²) in [5.74, 6) is 0.462. The Balaban J connectivity index is 2.23. The third-order valence-corrected chi connectivity index (χ3v) is 4.76. The third-order valence-electron chi connectivity index (χ3n) is 3.71. The summed E-state index contributed by atoms with van der Waals surface area (Å²) in [7, 11) is 0. The number of amidine groups is 1. The second-order valence-electron chi connectivity index (χ2n) is 5.65. The summed E-state index contributed by atoms with van der Waals surface area (Å²) >= 11 is 1.37. The molecule has 1 amide bonds. The highest BCUT2D eigenvalue weighted by molar-refractivity contribution is 8.18. The van der Waals surface area contributed by atoms with Gasteiger partial charge in [-0.15, -0.1) is 0 Å². The Morgan fingerprint density at radius 2 is 1.93 bits per heavy atom. The number of amides is 1. The Morgan fingerprint density at radius 1 is 1.14 bits per heavy atom. The number of rotatable bonds is 9. The number of esters is 1. The lowest BCUT2D eigenvalue weighted by Gasteiger charge is -2.12. The van der Waals surface area contributed by atoms with Gasteiger partial charge in [-0.1, -0.05) is 6.07 Å². The third kappa shape index (κ3) is 5.51. The number of ether oxygens (including phenoxy) is 3. The van der Waals surface area contributed by atoms with E-state index in [1.165, 1.54) is 11.8 Å². The molecule has 1 aliphatic rings. The van der Waals surface area contributed by atoms with Crippen LogP contribution in [-0.4, -0.2) is 54.9 Å². The minimum Gasteiger partial charge on any atom is -0.490 e. The standard InChI is InChI=1S/C20H26N2O5S/c1-5-21-20-22(6-2)19(24)17(28-20)12-14-9-10-15(16(11-14)25-7-3)27-13-18(23)26-8-4/h9-12H,5-8,13H2,1-4H3/b17-12+,21-20?. The molecule has 1 saturated heterocycles. The summed E-state index contributed by atoms with van der Waals surface area (Å²) in [5.41, 5.74) is 0.802. The van der Waals surface area contributed by atoms with Crippen molar-refractivity contribution in [3.8, 4) is 11.5 Å². The van der Waals surface area contributed by atoms with Gasteiger partial charge in [0.25, 0.3) is 5.91 Å². The van der Waals surface area contributed by atoms with Gasteiger partial charge in [-0.3, -0.25) is 14.7 Å². The van der Waals surface area contributed by atoms with E-state index in [0.29, 0.717) is 42.7 Å². The molecular weight excluding hydrogens is 380 g/mol. The zero-order valence-corrected chi connectivity index (χ0v) is 17.5. The lowest BCUT2D eigenvalue weighted by molar-refractivity contribution is -0.145. The SMILES string of the molecule is CCN=C1S/C(=C/c2ccc(OCC(=O)OCC)c(OCC)c2)C(=O)N1CC. The van der Waals surface area contributed by atoms with Crippen LogP contribution in [0.1, 0.15) is 33.3 Å². The smallest absolute Gasteiger partial charge is 0.344 e. The van der Waals surface area contributed by atoms with Crippen LogP contribution in [0.5, 0.6) is 11.5 Å². The summed E-state index contributed by atoms with van der Waals surface area (Å²) < 4.78 is 16.0. The lowest BCUT2D eigenvalue weighted by atomic mass is 10.2. The van der Waals surface area contributed by atoms with Gasteiger partial charge in [-0.25, -0.2) is 4.79 Å². The molecule has 1 heterocycles. The predicted octanol–water partition coefficient (Wildman–Crippen LogP) is 3.34. The summed E-state index contributed by atoms with van der Waals surface area (Å²) in [6, 6.07) is 5.32. The summed E-state index contributed by atoms with van der Waals surface area (Å²) in [6.07, 6.45) is 1.81. The molecule has 28 heavy (non-hydrogen) atoms. The van der Waals surface area contributed by atoms with Gasteiger partial charge in [0.05, 0.1) is 18.1 Å². The first kappa shape index (κ1) is 21.8. The molecule has 1 aliphatic heterocycles. The maximum Gasteiger partial charge on any atom is 0.344 e. The van der Waals surface area contributed by atoms with E-state index in [9.17, 15) is 9.59 Å². The maximum absolute atomic E-state index is 12.6. The average Bonchev–Trinajstić information content (AvgIpc) is 2.96. The molecule has 1 fully saturated rings. The quantitative estimate of drug-likeness (QED) is 0.462. The van der Waals surface area contributed by atoms with Crippen molar-refractivity contribution in [3.05, 3.63) is 28.7 Å². The zero-order valence-electron chi connectivity index (χ0n) is 16.7. The Hall–Kier alpha value is -2.48. The Kier molecular flexibility index (Phi) is 8.38. The van der Waals surface area contributed by atoms with Gasteiger partial charge >= 0.3 is 5.97 Å². The Morgan fingerprint density at radius 3 is 2.57 bits per heavy atom. The number of carbonyl (C=O) groups is 2. The van der Waals surface area contributed by atoms with Gasteiger partial charge in [-0.2, -0.15) is 0 Å². The van der Waals surface area contributed by atoms with E-state index in [0.717, 1.165) is 10.7 Å². The van der Waals surface area contributed by atoms with Crippen LogP contribution >= 0.6 is 11.8 Å². The molecule has 0 radical (unpaired) electrons. The number of carbonyl (C=O) groups excluding carboxylic acids is 2. The molecule has 0 unspecified atom stereocenters. The molecule has 2 rings (SSSR count). The molecule has 0 N–H and O–H groups in total. The summed E-state index contributed by atoms with van der Waals surface area (Å²) in [5, 5.41) is 0.723. The van der Waals surface area contributed by atoms with E-state index in [1.54, 1.807) is 24.0 Å². The molecule has 8 heteroatoms. The van der Waals surface area contributed by atoms with E-state index in [-0.39, 0.29) is 12.5 Å². The van der Waals surface area contributed by atoms with Crippen LogP contribution < -0.4 is 9.47 Å². The Bertz CT molecular complexity index is 776. The first-order valence-electron chi connectivity index (χ1n) is 9.35. The average molecular weight is 407 g/mol. The molecule has 152 valence electrons. The van der Waals surface area contributed by atoms with Gasteiger partial charge in [0.15, 0.2) is 23.3 Å². The molecular formula is C20H26N2O5S. The molecule has 1 aromatic rings. The highest BCUT2D eigenvalue weighted by atomic mass is 32.2. The van der Waals surface area contributed by atoms with Gasteiger partial charge in [0, 0.05) is 13.1 Å². The van der Waals surface area contributed by atoms with Crippen molar-refractivity contribution >= 4 is 34.9 Å². The van der Waals surface area contributed by atoms with E-state index in [2.05, 4.69) is 4.99 Å². The molecule has 0 aliphatic carbocycles. The highest BCUT2D eigenvalue weighted by Crippen LogP contribution is 2.34. The molecule has 0 aromatic heterocycles. The molecule has 1 aromatic carbocycles. The minimum absolute atomic E-state index is 0.0553. The van der Waals surface area contributed by atoms with E-state index >= 15 is 0 Å². The maximum atomic E-state index is 12.6. The van der Waals surface area contributed by atoms with E-state index < -0.39 is 5.97 Å². The number of aliphatic imine (C=N–C) groups is 1. The van der Waals surface area contributed by atoms with Crippen molar-refractivity contribution in [3.63, 3.8) is 0 Å². The number of likely N-dealkylation sites (N-methyl/N-ethyl adjacent to an activating group) is 1. The van der Waals surface area contributed by atoms with Crippen LogP contribution in [0.2, 0.25) is 0 Å². The van der Waals surface area contributed by atoms with Crippen LogP contribution in [0.3, 0.4) is 0 Å². The van der Waals surface area contributed by atoms with Crippen LogP contribution in [0.15, 0.2) is 28.1 Å². The second-order valence-corrected chi connectivity index (χ2v) is 6.66. The molecule has 0 spiro atoms. The van der Waals surface area contributed by atoms with Crippen molar-refractivity contribution in [1.82, 2.24) is 4.90 Å². The van der Waals surface area contributed by atoms with Crippen LogP contribution in [0.4, 0.5) is 0 Å². The predicted molar refractivity (Wildman–Crippen MR) is 111 cm³/mol. The number of hydrogen-bond acceptors (Lipinski definition) is 7. The summed E-state index contributed by atoms with van der Waals surface area (Å²) in [4.78, 5) is 30.8. The van der Waals surface area contributed by atoms with Crippen molar-refractivity contribution in [2.45, 2.75) is 27.7 Å². The fraction of sp³-hybridized carbons (Fsp3) is 0.450. The van der Waals surface area contributed by atoms with Gasteiger partial charge in [0.1, 0.15) is 0 Å². The highest BCUT2D eigenvalue weighted by Gasteiger charge is 2.31. The number of benzene rings is 1. The fourth-order valence-electron chi connectivity index (χ4n) is 2.53. The Labute approximate surface area is 169 Å². The normalized spacial score (nSPS) is 16.7. The van der Waals surface area contributed by atoms with Crippen molar-refractivity contribution in [2.75, 3.05) is 32.9 Å². The monoisotopic (exact) mass is 406 g/mol. The minimum atomic E-state index is -0.438. The molecule has 7 nitrogen and oxygen atoms in total. The topological polar surface area (TPSA) is 77.4 Å². The van der Waals surface area contributed by atoms with E-state index in [4.69, 9.17) is 14.2 Å². The first-order valence-corrected chi connectivity index (χ1v) is 10.2. The van der Waals surface area contributed by atoms with Crippen LogP contribution in [-0.2, 0) is 14.3 Å². The number of thioether (sulfide) groups is 1. The number of nitrogens with zero attached hydrogens (tertiary/aromatic N) is 2. The zero-order chi connectivity index (χ0) is 20.5. The van der Waals surface area contributed by atoms with Crippen molar-refractivity contribution in [1.29, 1.82) is 0 Å². The molecule has 0 saturated carbocycles. The van der Waals surface area contributed by atoms with Gasteiger partial charge in [-0.05, 0) is 63.2 Å². The summed E-state index contributed by atoms with van der Waals surface area (Å²) in [6.45, 7) is 9.23. The van der Waals surface area contributed by atoms with E-state index in [1.807, 2.05) is 32.9 Å². The van der Waals surface area contributed by atoms with Crippen molar-refractivity contribution in [2.24, 2.45) is 4.99 Å². The van der Waals surface area contributed by atoms with Crippen LogP contribution in [0, 0.1) is 0 Å². The number of hydrogen-bond donors (Lipinski definition) is 0.